The molecule has 2 N–H and O–H groups in total. The highest BCUT2D eigenvalue weighted by atomic mass is 35.5. The Labute approximate surface area is 131 Å². The minimum atomic E-state index is -1.21. The number of allylic oxidation sites excluding steroid dienone is 2. The molecule has 0 radical (unpaired) electrons. The lowest BCUT2D eigenvalue weighted by molar-refractivity contribution is 0.183. The summed E-state index contributed by atoms with van der Waals surface area (Å²) in [6.07, 6.45) is -0.0934. The standard InChI is InChI=1S/C12H8Cl2F2O2S2/c13-5-1-7(15)9(17)3-11(5)19-20-12-4-10(18)8(16)2-6(12)14/h1-3,10,17-18H,4H2. The van der Waals surface area contributed by atoms with Crippen molar-refractivity contribution >= 4 is 44.8 Å². The number of halogens is 4. The maximum absolute atomic E-state index is 13.1. The second-order valence-corrected chi connectivity index (χ2v) is 7.00. The number of phenolic OH excluding ortho intramolecular Hbond substituents is 1. The smallest absolute Gasteiger partial charge is 0.166 e. The molecule has 20 heavy (non-hydrogen) atoms. The number of phenols is 1. The van der Waals surface area contributed by atoms with E-state index >= 15 is 0 Å². The summed E-state index contributed by atoms with van der Waals surface area (Å²) in [5.74, 6) is -1.99. The maximum Gasteiger partial charge on any atom is 0.166 e. The third kappa shape index (κ3) is 3.62. The van der Waals surface area contributed by atoms with Gasteiger partial charge in [-0.05, 0) is 18.2 Å². The average Bonchev–Trinajstić information content (AvgIpc) is 2.37. The number of benzene rings is 1. The van der Waals surface area contributed by atoms with Crippen molar-refractivity contribution in [3.63, 3.8) is 0 Å². The molecule has 1 aliphatic carbocycles. The van der Waals surface area contributed by atoms with E-state index in [0.717, 1.165) is 22.9 Å². The van der Waals surface area contributed by atoms with Gasteiger partial charge in [0, 0.05) is 16.2 Å². The molecule has 1 aromatic carbocycles. The summed E-state index contributed by atoms with van der Waals surface area (Å²) in [5.41, 5.74) is 0. The van der Waals surface area contributed by atoms with E-state index in [9.17, 15) is 19.0 Å². The van der Waals surface area contributed by atoms with Crippen LogP contribution in [0.1, 0.15) is 6.42 Å². The van der Waals surface area contributed by atoms with E-state index in [1.807, 2.05) is 0 Å². The van der Waals surface area contributed by atoms with Crippen molar-refractivity contribution in [2.45, 2.75) is 17.4 Å². The second kappa shape index (κ2) is 6.58. The summed E-state index contributed by atoms with van der Waals surface area (Å²) in [6.45, 7) is 0. The molecule has 0 saturated heterocycles. The zero-order valence-corrected chi connectivity index (χ0v) is 12.9. The SMILES string of the molecule is Oc1cc(SSC2=C(Cl)C=C(F)C(O)C2)c(Cl)cc1F. The molecule has 0 fully saturated rings. The van der Waals surface area contributed by atoms with Gasteiger partial charge in [0.1, 0.15) is 11.9 Å². The monoisotopic (exact) mass is 356 g/mol. The molecule has 0 saturated carbocycles. The minimum absolute atomic E-state index is 0.0592. The van der Waals surface area contributed by atoms with Gasteiger partial charge in [-0.1, -0.05) is 44.8 Å². The number of aliphatic hydroxyl groups excluding tert-OH is 1. The molecule has 108 valence electrons. The Morgan fingerprint density at radius 2 is 1.90 bits per heavy atom. The highest BCUT2D eigenvalue weighted by molar-refractivity contribution is 8.78. The number of aromatic hydroxyl groups is 1. The summed E-state index contributed by atoms with van der Waals surface area (Å²) >= 11 is 11.7. The van der Waals surface area contributed by atoms with Gasteiger partial charge in [-0.15, -0.1) is 0 Å². The molecule has 1 aromatic rings. The van der Waals surface area contributed by atoms with Crippen molar-refractivity contribution in [3.05, 3.63) is 44.8 Å². The van der Waals surface area contributed by atoms with Crippen molar-refractivity contribution in [1.29, 1.82) is 0 Å². The van der Waals surface area contributed by atoms with Crippen LogP contribution < -0.4 is 0 Å². The molecule has 0 heterocycles. The fraction of sp³-hybridized carbons (Fsp3) is 0.167. The summed E-state index contributed by atoms with van der Waals surface area (Å²) in [5, 5.41) is 19.1. The zero-order chi connectivity index (χ0) is 14.9. The fourth-order valence-corrected chi connectivity index (χ4v) is 4.57. The molecule has 1 aliphatic rings. The molecule has 2 nitrogen and oxygen atoms in total. The lowest BCUT2D eigenvalue weighted by Crippen LogP contribution is -2.11. The van der Waals surface area contributed by atoms with E-state index in [1.165, 1.54) is 16.9 Å². The van der Waals surface area contributed by atoms with E-state index < -0.39 is 23.5 Å². The number of rotatable bonds is 3. The predicted molar refractivity (Wildman–Crippen MR) is 79.2 cm³/mol. The second-order valence-electron chi connectivity index (χ2n) is 3.92. The first kappa shape index (κ1) is 16.0. The molecule has 8 heteroatoms. The van der Waals surface area contributed by atoms with E-state index in [4.69, 9.17) is 23.2 Å². The van der Waals surface area contributed by atoms with Crippen LogP contribution in [0.3, 0.4) is 0 Å². The molecular formula is C12H8Cl2F2O2S2. The van der Waals surface area contributed by atoms with Crippen molar-refractivity contribution in [3.8, 4) is 5.75 Å². The maximum atomic E-state index is 13.1. The normalized spacial score (nSPS) is 19.2. The third-order valence-electron chi connectivity index (χ3n) is 2.46. The van der Waals surface area contributed by atoms with E-state index in [2.05, 4.69) is 0 Å². The first-order chi connectivity index (χ1) is 9.38. The number of hydrogen-bond acceptors (Lipinski definition) is 4. The number of hydrogen-bond donors (Lipinski definition) is 2. The highest BCUT2D eigenvalue weighted by Crippen LogP contribution is 2.46. The van der Waals surface area contributed by atoms with Crippen LogP contribution >= 0.6 is 44.8 Å². The topological polar surface area (TPSA) is 40.5 Å². The van der Waals surface area contributed by atoms with Gasteiger partial charge in [0.2, 0.25) is 0 Å². The van der Waals surface area contributed by atoms with Gasteiger partial charge in [0.25, 0.3) is 0 Å². The van der Waals surface area contributed by atoms with Crippen LogP contribution in [0, 0.1) is 5.82 Å². The van der Waals surface area contributed by atoms with Gasteiger partial charge in [-0.2, -0.15) is 0 Å². The average molecular weight is 357 g/mol. The number of aliphatic hydroxyl groups is 1. The summed E-state index contributed by atoms with van der Waals surface area (Å²) in [4.78, 5) is 1.02. The Morgan fingerprint density at radius 3 is 2.60 bits per heavy atom. The summed E-state index contributed by atoms with van der Waals surface area (Å²) in [6, 6.07) is 2.20. The van der Waals surface area contributed by atoms with Crippen LogP contribution in [0.5, 0.6) is 5.75 Å². The van der Waals surface area contributed by atoms with Gasteiger partial charge >= 0.3 is 0 Å². The molecule has 1 atom stereocenters. The van der Waals surface area contributed by atoms with Gasteiger partial charge in [0.15, 0.2) is 11.6 Å². The first-order valence-corrected chi connectivity index (χ1v) is 8.25. The molecule has 2 rings (SSSR count). The molecular weight excluding hydrogens is 349 g/mol. The predicted octanol–water partition coefficient (Wildman–Crippen LogP) is 4.99. The Hall–Kier alpha value is -0.400. The van der Waals surface area contributed by atoms with Crippen molar-refractivity contribution in [2.24, 2.45) is 0 Å². The molecule has 1 unspecified atom stereocenters. The fourth-order valence-electron chi connectivity index (χ4n) is 1.42. The van der Waals surface area contributed by atoms with Crippen LogP contribution in [0.2, 0.25) is 5.02 Å². The minimum Gasteiger partial charge on any atom is -0.505 e. The van der Waals surface area contributed by atoms with E-state index in [0.29, 0.717) is 9.80 Å². The van der Waals surface area contributed by atoms with E-state index in [-0.39, 0.29) is 16.5 Å². The zero-order valence-electron chi connectivity index (χ0n) is 9.74. The van der Waals surface area contributed by atoms with Gasteiger partial charge < -0.3 is 10.2 Å². The van der Waals surface area contributed by atoms with Gasteiger partial charge in [0.05, 0.1) is 10.1 Å². The lowest BCUT2D eigenvalue weighted by atomic mass is 10.1. The molecule has 0 bridgehead atoms. The molecule has 0 spiro atoms. The Bertz CT molecular complexity index is 605. The lowest BCUT2D eigenvalue weighted by Gasteiger charge is -2.17. The largest absolute Gasteiger partial charge is 0.505 e. The Balaban J connectivity index is 2.13. The van der Waals surface area contributed by atoms with Crippen molar-refractivity contribution < 1.29 is 19.0 Å². The first-order valence-electron chi connectivity index (χ1n) is 5.35. The molecule has 0 aromatic heterocycles. The van der Waals surface area contributed by atoms with Crippen LogP contribution in [0.15, 0.2) is 38.9 Å². The quantitative estimate of drug-likeness (QED) is 0.748. The summed E-state index contributed by atoms with van der Waals surface area (Å²) in [7, 11) is 2.30. The van der Waals surface area contributed by atoms with Crippen LogP contribution in [-0.2, 0) is 0 Å². The highest BCUT2D eigenvalue weighted by Gasteiger charge is 2.22. The summed E-state index contributed by atoms with van der Waals surface area (Å²) < 4.78 is 26.2. The van der Waals surface area contributed by atoms with Gasteiger partial charge in [-0.3, -0.25) is 0 Å². The van der Waals surface area contributed by atoms with Gasteiger partial charge in [-0.25, -0.2) is 8.78 Å². The van der Waals surface area contributed by atoms with Crippen molar-refractivity contribution in [1.82, 2.24) is 0 Å². The van der Waals surface area contributed by atoms with Crippen LogP contribution in [-0.4, -0.2) is 16.3 Å². The van der Waals surface area contributed by atoms with Crippen LogP contribution in [0.4, 0.5) is 8.78 Å². The third-order valence-corrected chi connectivity index (χ3v) is 5.92. The van der Waals surface area contributed by atoms with Crippen molar-refractivity contribution in [2.75, 3.05) is 0 Å². The Morgan fingerprint density at radius 1 is 1.20 bits per heavy atom. The van der Waals surface area contributed by atoms with Crippen LogP contribution in [0.25, 0.3) is 0 Å². The molecule has 0 aliphatic heterocycles. The Kier molecular flexibility index (Phi) is 5.25. The molecule has 0 amide bonds. The van der Waals surface area contributed by atoms with E-state index in [1.54, 1.807) is 0 Å².